The number of pyridine rings is 1. The third-order valence-electron chi connectivity index (χ3n) is 4.07. The van der Waals surface area contributed by atoms with Crippen LogP contribution in [0, 0.1) is 0 Å². The van der Waals surface area contributed by atoms with Crippen molar-refractivity contribution >= 4 is 34.9 Å². The van der Waals surface area contributed by atoms with Gasteiger partial charge in [0.25, 0.3) is 0 Å². The number of nitrogens with two attached hydrogens (primary N) is 1. The lowest BCUT2D eigenvalue weighted by Crippen LogP contribution is -2.19. The van der Waals surface area contributed by atoms with Gasteiger partial charge in [0.2, 0.25) is 0 Å². The molecule has 0 saturated carbocycles. The number of amides is 2. The van der Waals surface area contributed by atoms with Crippen LogP contribution in [0.5, 0.6) is 0 Å². The predicted octanol–water partition coefficient (Wildman–Crippen LogP) is 4.08. The maximum Gasteiger partial charge on any atom is 0.316 e. The summed E-state index contributed by atoms with van der Waals surface area (Å²) in [7, 11) is 0. The lowest BCUT2D eigenvalue weighted by molar-refractivity contribution is 0.259. The highest BCUT2D eigenvalue weighted by atomic mass is 16.2. The Morgan fingerprint density at radius 1 is 0.963 bits per heavy atom. The van der Waals surface area contributed by atoms with Gasteiger partial charge in [0.1, 0.15) is 17.2 Å². The van der Waals surface area contributed by atoms with Crippen LogP contribution in [0.2, 0.25) is 0 Å². The number of nitrogens with one attached hydrogen (secondary N) is 1. The molecule has 2 aromatic carbocycles. The van der Waals surface area contributed by atoms with E-state index < -0.39 is 6.03 Å². The van der Waals surface area contributed by atoms with E-state index in [4.69, 9.17) is 10.7 Å². The van der Waals surface area contributed by atoms with Crippen molar-refractivity contribution in [1.29, 1.82) is 0 Å². The lowest BCUT2D eigenvalue weighted by Gasteiger charge is -2.06. The van der Waals surface area contributed by atoms with Crippen molar-refractivity contribution in [1.82, 2.24) is 14.5 Å². The molecule has 6 nitrogen and oxygen atoms in total. The van der Waals surface area contributed by atoms with E-state index in [-0.39, 0.29) is 0 Å². The Bertz CT molecular complexity index is 1120. The molecule has 6 heteroatoms. The predicted molar refractivity (Wildman–Crippen MR) is 107 cm³/mol. The van der Waals surface area contributed by atoms with E-state index in [1.807, 2.05) is 77.4 Å². The van der Waals surface area contributed by atoms with Gasteiger partial charge in [0.05, 0.1) is 11.2 Å². The summed E-state index contributed by atoms with van der Waals surface area (Å²) in [4.78, 5) is 20.5. The number of hydrogen-bond acceptors (Lipinski definition) is 3. The van der Waals surface area contributed by atoms with Gasteiger partial charge in [0.15, 0.2) is 0 Å². The summed E-state index contributed by atoms with van der Waals surface area (Å²) in [6, 6.07) is 20.6. The Morgan fingerprint density at radius 2 is 1.78 bits per heavy atom. The Hall–Kier alpha value is -3.93. The van der Waals surface area contributed by atoms with E-state index in [1.54, 1.807) is 12.3 Å². The molecule has 0 fully saturated rings. The summed E-state index contributed by atoms with van der Waals surface area (Å²) in [5.74, 6) is 1.44. The van der Waals surface area contributed by atoms with E-state index >= 15 is 0 Å². The number of para-hydroxylation sites is 1. The molecule has 0 bridgehead atoms. The average molecular weight is 355 g/mol. The second kappa shape index (κ2) is 7.13. The van der Waals surface area contributed by atoms with Gasteiger partial charge in [0, 0.05) is 6.20 Å². The largest absolute Gasteiger partial charge is 0.351 e. The van der Waals surface area contributed by atoms with E-state index in [0.29, 0.717) is 17.0 Å². The molecular formula is C21H17N5O. The normalized spacial score (nSPS) is 11.1. The molecule has 4 rings (SSSR count). The minimum absolute atomic E-state index is 0.559. The first kappa shape index (κ1) is 16.5. The molecule has 0 radical (unpaired) electrons. The maximum atomic E-state index is 11.3. The number of hydrogen-bond donors (Lipinski definition) is 2. The quantitative estimate of drug-likeness (QED) is 0.578. The molecule has 2 aromatic heterocycles. The van der Waals surface area contributed by atoms with Gasteiger partial charge in [-0.1, -0.05) is 48.5 Å². The second-order valence-corrected chi connectivity index (χ2v) is 5.90. The second-order valence-electron chi connectivity index (χ2n) is 5.90. The van der Waals surface area contributed by atoms with Crippen molar-refractivity contribution in [3.63, 3.8) is 0 Å². The number of primary amides is 1. The summed E-state index contributed by atoms with van der Waals surface area (Å²) in [6.45, 7) is 0. The van der Waals surface area contributed by atoms with Crippen molar-refractivity contribution in [2.75, 3.05) is 5.32 Å². The van der Waals surface area contributed by atoms with E-state index in [9.17, 15) is 4.79 Å². The third-order valence-corrected chi connectivity index (χ3v) is 4.07. The van der Waals surface area contributed by atoms with Crippen molar-refractivity contribution in [2.24, 2.45) is 5.73 Å². The minimum atomic E-state index is -0.628. The van der Waals surface area contributed by atoms with Crippen LogP contribution in [0.1, 0.15) is 11.4 Å². The van der Waals surface area contributed by atoms with Gasteiger partial charge in [-0.25, -0.2) is 14.8 Å². The van der Waals surface area contributed by atoms with Gasteiger partial charge in [-0.3, -0.25) is 4.57 Å². The number of aromatic nitrogens is 3. The number of urea groups is 1. The zero-order valence-corrected chi connectivity index (χ0v) is 14.4. The summed E-state index contributed by atoms with van der Waals surface area (Å²) < 4.78 is 1.95. The van der Waals surface area contributed by atoms with Crippen LogP contribution in [0.15, 0.2) is 72.9 Å². The van der Waals surface area contributed by atoms with Crippen molar-refractivity contribution in [3.8, 4) is 5.82 Å². The van der Waals surface area contributed by atoms with Crippen molar-refractivity contribution in [2.45, 2.75) is 0 Å². The average Bonchev–Trinajstić information content (AvgIpc) is 3.07. The molecule has 3 N–H and O–H groups in total. The van der Waals surface area contributed by atoms with Crippen molar-refractivity contribution in [3.05, 3.63) is 84.3 Å². The highest BCUT2D eigenvalue weighted by molar-refractivity contribution is 5.99. The molecule has 0 aliphatic carbocycles. The Kier molecular flexibility index (Phi) is 4.37. The number of benzene rings is 2. The number of anilines is 1. The smallest absolute Gasteiger partial charge is 0.316 e. The molecule has 0 aliphatic heterocycles. The molecule has 0 spiro atoms. The van der Waals surface area contributed by atoms with E-state index in [0.717, 1.165) is 16.9 Å². The number of carbonyl (C=O) groups excluding carboxylic acids is 1. The number of fused-ring (bicyclic) bond motifs is 1. The van der Waals surface area contributed by atoms with E-state index in [1.165, 1.54) is 0 Å². The van der Waals surface area contributed by atoms with Crippen LogP contribution < -0.4 is 11.1 Å². The summed E-state index contributed by atoms with van der Waals surface area (Å²) in [6.07, 6.45) is 5.65. The minimum Gasteiger partial charge on any atom is -0.351 e. The number of nitrogens with zero attached hydrogens (tertiary/aromatic N) is 3. The molecule has 4 aromatic rings. The van der Waals surface area contributed by atoms with Crippen molar-refractivity contribution < 1.29 is 4.79 Å². The zero-order chi connectivity index (χ0) is 18.6. The third kappa shape index (κ3) is 3.41. The van der Waals surface area contributed by atoms with Crippen LogP contribution in [0.25, 0.3) is 29.0 Å². The highest BCUT2D eigenvalue weighted by Gasteiger charge is 2.14. The molecular weight excluding hydrogens is 338 g/mol. The molecule has 2 heterocycles. The fraction of sp³-hybridized carbons (Fsp3) is 0. The first-order chi connectivity index (χ1) is 13.2. The van der Waals surface area contributed by atoms with Crippen LogP contribution >= 0.6 is 0 Å². The fourth-order valence-corrected chi connectivity index (χ4v) is 2.92. The Morgan fingerprint density at radius 3 is 2.52 bits per heavy atom. The number of imidazole rings is 1. The molecule has 0 atom stereocenters. The number of carbonyl (C=O) groups is 1. The topological polar surface area (TPSA) is 85.8 Å². The fourth-order valence-electron chi connectivity index (χ4n) is 2.92. The Balaban J connectivity index is 1.91. The number of rotatable bonds is 4. The standard InChI is InChI=1S/C21H17N5O/c22-21(27)24-16-9-6-10-17-20(16)25-19(13-12-15-7-2-1-3-8-15)26(17)18-11-4-5-14-23-18/h1-14H,(H3,22,24,27)/b13-12+. The molecule has 27 heavy (non-hydrogen) atoms. The van der Waals surface area contributed by atoms with E-state index in [2.05, 4.69) is 10.3 Å². The van der Waals surface area contributed by atoms with Crippen LogP contribution in [-0.4, -0.2) is 20.6 Å². The van der Waals surface area contributed by atoms with Gasteiger partial charge in [-0.05, 0) is 35.9 Å². The summed E-state index contributed by atoms with van der Waals surface area (Å²) >= 11 is 0. The maximum absolute atomic E-state index is 11.3. The monoisotopic (exact) mass is 355 g/mol. The SMILES string of the molecule is NC(=O)Nc1cccc2c1nc(/C=C/c1ccccc1)n2-c1ccccn1. The molecule has 0 saturated heterocycles. The molecule has 0 unspecified atom stereocenters. The molecule has 0 aliphatic rings. The van der Waals surface area contributed by atoms with Crippen LogP contribution in [0.3, 0.4) is 0 Å². The summed E-state index contributed by atoms with van der Waals surface area (Å²) in [5.41, 5.74) is 8.39. The first-order valence-electron chi connectivity index (χ1n) is 8.45. The van der Waals surface area contributed by atoms with Crippen LogP contribution in [0.4, 0.5) is 10.5 Å². The highest BCUT2D eigenvalue weighted by Crippen LogP contribution is 2.27. The Labute approximate surface area is 156 Å². The first-order valence-corrected chi connectivity index (χ1v) is 8.45. The van der Waals surface area contributed by atoms with Gasteiger partial charge in [-0.15, -0.1) is 0 Å². The van der Waals surface area contributed by atoms with Gasteiger partial charge >= 0.3 is 6.03 Å². The summed E-state index contributed by atoms with van der Waals surface area (Å²) in [5, 5.41) is 2.63. The van der Waals surface area contributed by atoms with Gasteiger partial charge in [-0.2, -0.15) is 0 Å². The van der Waals surface area contributed by atoms with Gasteiger partial charge < -0.3 is 11.1 Å². The zero-order valence-electron chi connectivity index (χ0n) is 14.4. The molecule has 2 amide bonds. The molecule has 132 valence electrons. The lowest BCUT2D eigenvalue weighted by atomic mass is 10.2. The van der Waals surface area contributed by atoms with Crippen LogP contribution in [-0.2, 0) is 0 Å².